The van der Waals surface area contributed by atoms with Crippen molar-refractivity contribution in [3.63, 3.8) is 0 Å². The molecule has 0 heterocycles. The van der Waals surface area contributed by atoms with E-state index in [2.05, 4.69) is 17.3 Å². The van der Waals surface area contributed by atoms with E-state index in [0.717, 1.165) is 0 Å². The summed E-state index contributed by atoms with van der Waals surface area (Å²) >= 11 is -5.35. The zero-order chi connectivity index (χ0) is 11.9. The first kappa shape index (κ1) is 17.3. The number of rotatable bonds is 3. The van der Waals surface area contributed by atoms with Gasteiger partial charge in [0.2, 0.25) is 0 Å². The molecule has 0 aliphatic rings. The van der Waals surface area contributed by atoms with Gasteiger partial charge in [-0.3, -0.25) is 0 Å². The van der Waals surface area contributed by atoms with E-state index in [1.165, 1.54) is 0 Å². The molecule has 0 aliphatic heterocycles. The Kier molecular flexibility index (Phi) is 11.3. The van der Waals surface area contributed by atoms with Crippen molar-refractivity contribution in [2.45, 2.75) is 30.6 Å². The first-order valence-corrected chi connectivity index (χ1v) is 14.9. The Morgan fingerprint density at radius 2 is 0.857 bits per heavy atom. The fraction of sp³-hybridized carbons (Fsp3) is 1.00. The zero-order valence-corrected chi connectivity index (χ0v) is 13.0. The van der Waals surface area contributed by atoms with Crippen LogP contribution < -0.4 is 0 Å². The molecule has 86 valence electrons. The Morgan fingerprint density at radius 1 is 0.714 bits per heavy atom. The molecule has 0 rings (SSSR count). The van der Waals surface area contributed by atoms with E-state index >= 15 is 0 Å². The molecule has 0 atom stereocenters. The Bertz CT molecular complexity index is 110. The first-order chi connectivity index (χ1) is 6.20. The molecular formula is C6H12F6GeSn. The summed E-state index contributed by atoms with van der Waals surface area (Å²) in [5.41, 5.74) is 0. The second-order valence-electron chi connectivity index (χ2n) is 2.90. The van der Waals surface area contributed by atoms with E-state index in [9.17, 15) is 26.3 Å². The van der Waals surface area contributed by atoms with Gasteiger partial charge in [0.15, 0.2) is 0 Å². The second-order valence-corrected chi connectivity index (χ2v) is 15.8. The summed E-state index contributed by atoms with van der Waals surface area (Å²) in [5.74, 6) is 7.00. The fourth-order valence-electron chi connectivity index (χ4n) is 0.286. The van der Waals surface area contributed by atoms with Gasteiger partial charge in [0.1, 0.15) is 0 Å². The van der Waals surface area contributed by atoms with Crippen LogP contribution in [0.2, 0.25) is 17.3 Å². The van der Waals surface area contributed by atoms with Crippen LogP contribution in [0.3, 0.4) is 0 Å². The SMILES string of the molecule is F[CH](F)[Sn]([CH](F)F)[CH](F)F.[CH3][Ge]([CH3])[CH3]. The van der Waals surface area contributed by atoms with E-state index < -0.39 is 33.1 Å². The molecule has 0 aromatic heterocycles. The van der Waals surface area contributed by atoms with Crippen molar-refractivity contribution in [1.82, 2.24) is 0 Å². The number of halogens is 6. The normalized spacial score (nSPS) is 11.6. The number of alkyl halides is 6. The van der Waals surface area contributed by atoms with E-state index in [4.69, 9.17) is 0 Å². The molecule has 0 aromatic rings. The molecule has 2 radical (unpaired) electrons. The standard InChI is InChI=1S/C3H9Ge.3CHF2.Sn/c1-4(2)3;3*2-1-3;/h1-3H3;3*1H;. The summed E-state index contributed by atoms with van der Waals surface area (Å²) in [6.07, 6.45) is 0. The van der Waals surface area contributed by atoms with Crippen LogP contribution in [0.4, 0.5) is 26.3 Å². The minimum absolute atomic E-state index is 0.333. The molecule has 0 N–H and O–H groups in total. The van der Waals surface area contributed by atoms with Crippen molar-refractivity contribution in [2.75, 3.05) is 0 Å². The third-order valence-corrected chi connectivity index (χ3v) is 5.07. The van der Waals surface area contributed by atoms with Crippen LogP contribution in [-0.4, -0.2) is 47.4 Å². The van der Waals surface area contributed by atoms with Crippen molar-refractivity contribution in [3.05, 3.63) is 0 Å². The van der Waals surface area contributed by atoms with Crippen LogP contribution >= 0.6 is 0 Å². The molecule has 0 amide bonds. The van der Waals surface area contributed by atoms with E-state index in [1.807, 2.05) is 0 Å². The molecule has 14 heavy (non-hydrogen) atoms. The van der Waals surface area contributed by atoms with Crippen LogP contribution in [0, 0.1) is 0 Å². The van der Waals surface area contributed by atoms with Crippen LogP contribution in [0.1, 0.15) is 0 Å². The van der Waals surface area contributed by atoms with Gasteiger partial charge in [-0.15, -0.1) is 0 Å². The van der Waals surface area contributed by atoms with Gasteiger partial charge in [0.25, 0.3) is 0 Å². The average molecular weight is 389 g/mol. The molecule has 0 aromatic carbocycles. The molecule has 8 heteroatoms. The monoisotopic (exact) mass is 392 g/mol. The average Bonchev–Trinajstić information content (AvgIpc) is 1.80. The van der Waals surface area contributed by atoms with Crippen molar-refractivity contribution in [3.8, 4) is 0 Å². The van der Waals surface area contributed by atoms with Gasteiger partial charge in [-0.1, -0.05) is 0 Å². The van der Waals surface area contributed by atoms with Crippen molar-refractivity contribution >= 4 is 34.1 Å². The van der Waals surface area contributed by atoms with Gasteiger partial charge < -0.3 is 0 Å². The van der Waals surface area contributed by atoms with Gasteiger partial charge >= 0.3 is 91.0 Å². The topological polar surface area (TPSA) is 0 Å². The molecular weight excluding hydrogens is 377 g/mol. The van der Waals surface area contributed by atoms with Crippen LogP contribution in [0.15, 0.2) is 0 Å². The summed E-state index contributed by atoms with van der Waals surface area (Å²) < 4.78 is 57.6. The van der Waals surface area contributed by atoms with Crippen LogP contribution in [0.25, 0.3) is 0 Å². The molecule has 0 unspecified atom stereocenters. The maximum atomic E-state index is 11.3. The summed E-state index contributed by atoms with van der Waals surface area (Å²) in [4.78, 5) is 0. The summed E-state index contributed by atoms with van der Waals surface area (Å²) in [5, 5.41) is 0. The third-order valence-electron chi connectivity index (χ3n) is 0.756. The summed E-state index contributed by atoms with van der Waals surface area (Å²) in [6, 6.07) is 0. The minimum atomic E-state index is -5.01. The quantitative estimate of drug-likeness (QED) is 0.513. The molecule has 0 fully saturated rings. The Morgan fingerprint density at radius 3 is 0.857 bits per heavy atom. The van der Waals surface area contributed by atoms with Crippen molar-refractivity contribution in [1.29, 1.82) is 0 Å². The number of hydrogen-bond acceptors (Lipinski definition) is 0. The van der Waals surface area contributed by atoms with Crippen LogP contribution in [0.5, 0.6) is 0 Å². The fourth-order valence-corrected chi connectivity index (χ4v) is 1.92. The number of hydrogen-bond donors (Lipinski definition) is 0. The molecule has 0 saturated carbocycles. The zero-order valence-electron chi connectivity index (χ0n) is 8.00. The summed E-state index contributed by atoms with van der Waals surface area (Å²) in [6.45, 7) is 0. The predicted octanol–water partition coefficient (Wildman–Crippen LogP) is 3.26. The molecule has 0 bridgehead atoms. The van der Waals surface area contributed by atoms with E-state index in [-0.39, 0.29) is 14.3 Å². The van der Waals surface area contributed by atoms with Gasteiger partial charge in [-0.2, -0.15) is 0 Å². The van der Waals surface area contributed by atoms with Gasteiger partial charge in [0.05, 0.1) is 0 Å². The maximum absolute atomic E-state index is 11.3. The second kappa shape index (κ2) is 9.17. The Hall–Kier alpha value is 0.922. The summed E-state index contributed by atoms with van der Waals surface area (Å²) in [7, 11) is 0. The van der Waals surface area contributed by atoms with Crippen molar-refractivity contribution in [2.24, 2.45) is 0 Å². The van der Waals surface area contributed by atoms with E-state index in [1.54, 1.807) is 0 Å². The molecule has 0 spiro atoms. The van der Waals surface area contributed by atoms with E-state index in [0.29, 0.717) is 0 Å². The third kappa shape index (κ3) is 11.0. The van der Waals surface area contributed by atoms with Gasteiger partial charge in [-0.25, -0.2) is 0 Å². The Balaban J connectivity index is 0. The molecule has 0 aliphatic carbocycles. The van der Waals surface area contributed by atoms with Gasteiger partial charge in [-0.05, 0) is 0 Å². The van der Waals surface area contributed by atoms with Gasteiger partial charge in [0, 0.05) is 0 Å². The Labute approximate surface area is 90.9 Å². The molecule has 0 saturated heterocycles. The predicted molar refractivity (Wildman–Crippen MR) is 47.1 cm³/mol. The van der Waals surface area contributed by atoms with Crippen LogP contribution in [-0.2, 0) is 0 Å². The molecule has 0 nitrogen and oxygen atoms in total. The van der Waals surface area contributed by atoms with Crippen molar-refractivity contribution < 1.29 is 26.3 Å². The first-order valence-electron chi connectivity index (χ1n) is 3.68.